The van der Waals surface area contributed by atoms with Crippen molar-refractivity contribution in [3.8, 4) is 0 Å². The van der Waals surface area contributed by atoms with E-state index in [9.17, 15) is 9.18 Å². The predicted octanol–water partition coefficient (Wildman–Crippen LogP) is 2.39. The van der Waals surface area contributed by atoms with Crippen LogP contribution >= 0.6 is 12.2 Å². The number of hydrogen-bond donors (Lipinski definition) is 2. The van der Waals surface area contributed by atoms with Gasteiger partial charge in [0.1, 0.15) is 10.8 Å². The Labute approximate surface area is 121 Å². The van der Waals surface area contributed by atoms with Crippen LogP contribution in [-0.4, -0.2) is 10.9 Å². The Bertz CT molecular complexity index is 641. The van der Waals surface area contributed by atoms with Crippen molar-refractivity contribution in [1.82, 2.24) is 5.32 Å². The van der Waals surface area contributed by atoms with E-state index in [1.54, 1.807) is 18.2 Å². The lowest BCUT2D eigenvalue weighted by Crippen LogP contribution is -2.22. The van der Waals surface area contributed by atoms with E-state index in [4.69, 9.17) is 18.0 Å². The number of amides is 1. The molecule has 0 aliphatic rings. The zero-order valence-corrected chi connectivity index (χ0v) is 11.4. The summed E-state index contributed by atoms with van der Waals surface area (Å²) < 4.78 is 13.0. The molecule has 0 aliphatic heterocycles. The van der Waals surface area contributed by atoms with Gasteiger partial charge in [-0.05, 0) is 23.8 Å². The van der Waals surface area contributed by atoms with Crippen molar-refractivity contribution in [3.05, 3.63) is 71.0 Å². The largest absolute Gasteiger partial charge is 0.389 e. The van der Waals surface area contributed by atoms with E-state index in [0.29, 0.717) is 17.1 Å². The summed E-state index contributed by atoms with van der Waals surface area (Å²) in [4.78, 5) is 12.2. The first-order chi connectivity index (χ1) is 9.56. The van der Waals surface area contributed by atoms with Gasteiger partial charge < -0.3 is 11.1 Å². The molecule has 0 fully saturated rings. The van der Waals surface area contributed by atoms with E-state index in [0.717, 1.165) is 11.1 Å². The molecule has 2 aromatic rings. The molecule has 5 heteroatoms. The van der Waals surface area contributed by atoms with Gasteiger partial charge in [0, 0.05) is 17.7 Å². The van der Waals surface area contributed by atoms with Crippen LogP contribution in [0.5, 0.6) is 0 Å². The van der Waals surface area contributed by atoms with Crippen molar-refractivity contribution in [3.63, 3.8) is 0 Å². The molecule has 0 atom stereocenters. The molecule has 0 saturated carbocycles. The van der Waals surface area contributed by atoms with Crippen molar-refractivity contribution in [2.45, 2.75) is 6.54 Å². The maximum Gasteiger partial charge on any atom is 0.251 e. The normalized spacial score (nSPS) is 10.1. The smallest absolute Gasteiger partial charge is 0.251 e. The van der Waals surface area contributed by atoms with Crippen LogP contribution in [0.3, 0.4) is 0 Å². The Kier molecular flexibility index (Phi) is 4.42. The van der Waals surface area contributed by atoms with Crippen LogP contribution < -0.4 is 11.1 Å². The molecule has 3 nitrogen and oxygen atoms in total. The molecule has 0 spiro atoms. The van der Waals surface area contributed by atoms with Crippen molar-refractivity contribution < 1.29 is 9.18 Å². The number of rotatable bonds is 4. The van der Waals surface area contributed by atoms with Crippen LogP contribution in [0.25, 0.3) is 0 Å². The molecule has 0 aromatic heterocycles. The van der Waals surface area contributed by atoms with Gasteiger partial charge in [0.05, 0.1) is 0 Å². The summed E-state index contributed by atoms with van der Waals surface area (Å²) >= 11 is 4.86. The monoisotopic (exact) mass is 288 g/mol. The Morgan fingerprint density at radius 3 is 2.45 bits per heavy atom. The lowest BCUT2D eigenvalue weighted by Gasteiger charge is -2.06. The minimum atomic E-state index is -0.432. The number of halogens is 1. The van der Waals surface area contributed by atoms with E-state index in [2.05, 4.69) is 5.32 Å². The lowest BCUT2D eigenvalue weighted by atomic mass is 10.1. The summed E-state index contributed by atoms with van der Waals surface area (Å²) in [7, 11) is 0. The highest BCUT2D eigenvalue weighted by atomic mass is 32.1. The van der Waals surface area contributed by atoms with Gasteiger partial charge in [-0.15, -0.1) is 0 Å². The van der Waals surface area contributed by atoms with E-state index < -0.39 is 5.82 Å². The minimum Gasteiger partial charge on any atom is -0.389 e. The predicted molar refractivity (Wildman–Crippen MR) is 79.9 cm³/mol. The molecule has 0 saturated heterocycles. The Balaban J connectivity index is 1.98. The highest BCUT2D eigenvalue weighted by Gasteiger charge is 2.06. The molecule has 0 aliphatic carbocycles. The molecular formula is C15H13FN2OS. The van der Waals surface area contributed by atoms with E-state index in [1.165, 1.54) is 18.2 Å². The third-order valence-electron chi connectivity index (χ3n) is 2.78. The topological polar surface area (TPSA) is 55.1 Å². The first kappa shape index (κ1) is 14.1. The molecule has 3 N–H and O–H groups in total. The Hall–Kier alpha value is -2.27. The van der Waals surface area contributed by atoms with Crippen molar-refractivity contribution in [2.75, 3.05) is 0 Å². The third kappa shape index (κ3) is 3.61. The zero-order chi connectivity index (χ0) is 14.5. The molecule has 0 radical (unpaired) electrons. The van der Waals surface area contributed by atoms with E-state index in [-0.39, 0.29) is 5.91 Å². The van der Waals surface area contributed by atoms with Gasteiger partial charge in [-0.2, -0.15) is 0 Å². The maximum atomic E-state index is 13.0. The molecular weight excluding hydrogens is 275 g/mol. The first-order valence-corrected chi connectivity index (χ1v) is 6.39. The lowest BCUT2D eigenvalue weighted by molar-refractivity contribution is 0.0950. The van der Waals surface area contributed by atoms with Crippen molar-refractivity contribution >= 4 is 23.1 Å². The van der Waals surface area contributed by atoms with Crippen LogP contribution in [0.15, 0.2) is 48.5 Å². The second kappa shape index (κ2) is 6.25. The molecule has 0 bridgehead atoms. The summed E-state index contributed by atoms with van der Waals surface area (Å²) in [5, 5.41) is 2.72. The first-order valence-electron chi connectivity index (χ1n) is 5.99. The standard InChI is InChI=1S/C15H13FN2OS/c16-13-3-1-2-12(8-13)15(19)18-9-10-4-6-11(7-5-10)14(17)20/h1-8H,9H2,(H2,17,20)(H,18,19). The van der Waals surface area contributed by atoms with Crippen LogP contribution in [0.2, 0.25) is 0 Å². The number of thiocarbonyl (C=S) groups is 1. The third-order valence-corrected chi connectivity index (χ3v) is 3.01. The summed E-state index contributed by atoms with van der Waals surface area (Å²) in [6.07, 6.45) is 0. The molecule has 0 heterocycles. The minimum absolute atomic E-state index is 0.296. The molecule has 1 amide bonds. The number of nitrogens with one attached hydrogen (secondary N) is 1. The van der Waals surface area contributed by atoms with Gasteiger partial charge in [0.2, 0.25) is 0 Å². The molecule has 2 rings (SSSR count). The summed E-state index contributed by atoms with van der Waals surface area (Å²) in [5.41, 5.74) is 7.49. The molecule has 20 heavy (non-hydrogen) atoms. The van der Waals surface area contributed by atoms with Gasteiger partial charge in [-0.3, -0.25) is 4.79 Å². The van der Waals surface area contributed by atoms with E-state index >= 15 is 0 Å². The van der Waals surface area contributed by atoms with Gasteiger partial charge >= 0.3 is 0 Å². The number of benzene rings is 2. The SMILES string of the molecule is NC(=S)c1ccc(CNC(=O)c2cccc(F)c2)cc1. The van der Waals surface area contributed by atoms with Gasteiger partial charge in [-0.1, -0.05) is 42.5 Å². The van der Waals surface area contributed by atoms with Crippen LogP contribution in [-0.2, 0) is 6.54 Å². The number of carbonyl (C=O) groups excluding carboxylic acids is 1. The number of nitrogens with two attached hydrogens (primary N) is 1. The quantitative estimate of drug-likeness (QED) is 0.849. The summed E-state index contributed by atoms with van der Waals surface area (Å²) in [6, 6.07) is 12.8. The van der Waals surface area contributed by atoms with Crippen LogP contribution in [0.4, 0.5) is 4.39 Å². The molecule has 102 valence electrons. The van der Waals surface area contributed by atoms with Crippen molar-refractivity contribution in [1.29, 1.82) is 0 Å². The maximum absolute atomic E-state index is 13.0. The number of hydrogen-bond acceptors (Lipinski definition) is 2. The Morgan fingerprint density at radius 2 is 1.85 bits per heavy atom. The van der Waals surface area contributed by atoms with Gasteiger partial charge in [-0.25, -0.2) is 4.39 Å². The summed E-state index contributed by atoms with van der Waals surface area (Å²) in [5.74, 6) is -0.749. The van der Waals surface area contributed by atoms with Crippen molar-refractivity contribution in [2.24, 2.45) is 5.73 Å². The Morgan fingerprint density at radius 1 is 1.15 bits per heavy atom. The summed E-state index contributed by atoms with van der Waals surface area (Å²) in [6.45, 7) is 0.354. The second-order valence-corrected chi connectivity index (χ2v) is 4.69. The van der Waals surface area contributed by atoms with Gasteiger partial charge in [0.15, 0.2) is 0 Å². The van der Waals surface area contributed by atoms with Crippen LogP contribution in [0.1, 0.15) is 21.5 Å². The average molecular weight is 288 g/mol. The zero-order valence-electron chi connectivity index (χ0n) is 10.6. The molecule has 0 unspecified atom stereocenters. The highest BCUT2D eigenvalue weighted by molar-refractivity contribution is 7.80. The fourth-order valence-corrected chi connectivity index (χ4v) is 1.84. The van der Waals surface area contributed by atoms with Crippen LogP contribution in [0, 0.1) is 5.82 Å². The number of carbonyl (C=O) groups is 1. The fraction of sp³-hybridized carbons (Fsp3) is 0.0667. The fourth-order valence-electron chi connectivity index (χ4n) is 1.70. The molecule has 2 aromatic carbocycles. The van der Waals surface area contributed by atoms with Gasteiger partial charge in [0.25, 0.3) is 5.91 Å². The highest BCUT2D eigenvalue weighted by Crippen LogP contribution is 2.06. The van der Waals surface area contributed by atoms with E-state index in [1.807, 2.05) is 12.1 Å². The average Bonchev–Trinajstić information content (AvgIpc) is 2.45. The second-order valence-electron chi connectivity index (χ2n) is 4.25.